The van der Waals surface area contributed by atoms with E-state index in [2.05, 4.69) is 15.2 Å². The van der Waals surface area contributed by atoms with E-state index in [1.54, 1.807) is 44.4 Å². The van der Waals surface area contributed by atoms with E-state index >= 15 is 0 Å². The highest BCUT2D eigenvalue weighted by molar-refractivity contribution is 7.92. The summed E-state index contributed by atoms with van der Waals surface area (Å²) in [6.07, 6.45) is 0. The molecule has 3 aromatic carbocycles. The average molecular weight is 498 g/mol. The second-order valence-electron chi connectivity index (χ2n) is 7.29. The molecule has 0 radical (unpaired) electrons. The number of rotatable bonds is 10. The first kappa shape index (κ1) is 25.6. The van der Waals surface area contributed by atoms with Gasteiger partial charge < -0.3 is 14.2 Å². The number of nitrogens with one attached hydrogen (secondary N) is 2. The van der Waals surface area contributed by atoms with E-state index < -0.39 is 15.9 Å². The lowest BCUT2D eigenvalue weighted by atomic mass is 10.1. The molecule has 184 valence electrons. The number of carbonyl (C=O) groups excluding carboxylic acids is 1. The number of carbonyl (C=O) groups is 1. The van der Waals surface area contributed by atoms with Crippen molar-refractivity contribution in [2.24, 2.45) is 5.10 Å². The summed E-state index contributed by atoms with van der Waals surface area (Å²) in [5, 5.41) is 4.15. The molecule has 0 spiro atoms. The van der Waals surface area contributed by atoms with Gasteiger partial charge in [0, 0.05) is 22.9 Å². The summed E-state index contributed by atoms with van der Waals surface area (Å²) >= 11 is 0. The molecule has 9 nitrogen and oxygen atoms in total. The van der Waals surface area contributed by atoms with Gasteiger partial charge in [0.05, 0.1) is 31.4 Å². The highest BCUT2D eigenvalue weighted by atomic mass is 32.2. The average Bonchev–Trinajstić information content (AvgIpc) is 2.87. The maximum atomic E-state index is 12.6. The molecule has 0 heterocycles. The van der Waals surface area contributed by atoms with E-state index in [9.17, 15) is 13.2 Å². The first-order chi connectivity index (χ1) is 16.8. The Hall–Kier alpha value is -4.05. The molecule has 0 aliphatic heterocycles. The van der Waals surface area contributed by atoms with Gasteiger partial charge in [0.2, 0.25) is 0 Å². The number of ether oxygens (including phenoxy) is 3. The Morgan fingerprint density at radius 3 is 2.17 bits per heavy atom. The Morgan fingerprint density at radius 2 is 1.57 bits per heavy atom. The number of methoxy groups -OCH3 is 2. The van der Waals surface area contributed by atoms with Gasteiger partial charge >= 0.3 is 0 Å². The van der Waals surface area contributed by atoms with E-state index in [0.717, 1.165) is 0 Å². The van der Waals surface area contributed by atoms with E-state index in [1.807, 2.05) is 6.92 Å². The summed E-state index contributed by atoms with van der Waals surface area (Å²) in [4.78, 5) is 12.6. The molecule has 1 amide bonds. The minimum atomic E-state index is -3.79. The standard InChI is InChI=1S/C25H27N3O6S/c1-5-34-20-10-13-22(14-11-20)35(30,31)28-19-8-6-18(7-9-19)25(29)27-26-17(2)23-15-12-21(32-3)16-24(23)33-4/h6-16,28H,5H2,1-4H3,(H,27,29)/b26-17+. The normalized spacial score (nSPS) is 11.5. The van der Waals surface area contributed by atoms with Gasteiger partial charge in [0.1, 0.15) is 17.2 Å². The van der Waals surface area contributed by atoms with Crippen LogP contribution in [0.5, 0.6) is 17.2 Å². The van der Waals surface area contributed by atoms with Crippen molar-refractivity contribution in [2.45, 2.75) is 18.7 Å². The van der Waals surface area contributed by atoms with Gasteiger partial charge in [-0.15, -0.1) is 0 Å². The van der Waals surface area contributed by atoms with Crippen molar-refractivity contribution in [1.82, 2.24) is 5.43 Å². The fraction of sp³-hybridized carbons (Fsp3) is 0.200. The van der Waals surface area contributed by atoms with Crippen LogP contribution in [0.4, 0.5) is 5.69 Å². The highest BCUT2D eigenvalue weighted by Gasteiger charge is 2.15. The second kappa shape index (κ2) is 11.4. The van der Waals surface area contributed by atoms with Crippen LogP contribution in [0, 0.1) is 0 Å². The molecule has 0 aromatic heterocycles. The molecule has 35 heavy (non-hydrogen) atoms. The summed E-state index contributed by atoms with van der Waals surface area (Å²) in [7, 11) is -0.692. The molecule has 3 rings (SSSR count). The number of anilines is 1. The first-order valence-electron chi connectivity index (χ1n) is 10.7. The van der Waals surface area contributed by atoms with Crippen LogP contribution in [-0.2, 0) is 10.0 Å². The van der Waals surface area contributed by atoms with Crippen LogP contribution in [0.2, 0.25) is 0 Å². The van der Waals surface area contributed by atoms with Crippen molar-refractivity contribution in [3.05, 3.63) is 77.9 Å². The quantitative estimate of drug-likeness (QED) is 0.322. The number of hydrogen-bond acceptors (Lipinski definition) is 7. The van der Waals surface area contributed by atoms with Crippen LogP contribution in [0.15, 0.2) is 76.7 Å². The Kier molecular flexibility index (Phi) is 8.32. The smallest absolute Gasteiger partial charge is 0.271 e. The Morgan fingerprint density at radius 1 is 0.914 bits per heavy atom. The topological polar surface area (TPSA) is 115 Å². The van der Waals surface area contributed by atoms with Gasteiger partial charge in [-0.25, -0.2) is 13.8 Å². The molecule has 2 N–H and O–H groups in total. The van der Waals surface area contributed by atoms with Crippen molar-refractivity contribution in [3.8, 4) is 17.2 Å². The zero-order chi connectivity index (χ0) is 25.4. The van der Waals surface area contributed by atoms with Crippen molar-refractivity contribution >= 4 is 27.3 Å². The minimum absolute atomic E-state index is 0.0987. The predicted octanol–water partition coefficient (Wildman–Crippen LogP) is 4.06. The molecular formula is C25H27N3O6S. The van der Waals surface area contributed by atoms with Crippen LogP contribution in [0.1, 0.15) is 29.8 Å². The monoisotopic (exact) mass is 497 g/mol. The maximum absolute atomic E-state index is 12.6. The zero-order valence-electron chi connectivity index (χ0n) is 19.9. The summed E-state index contributed by atoms with van der Waals surface area (Å²) < 4.78 is 43.6. The number of hydrogen-bond donors (Lipinski definition) is 2. The van der Waals surface area contributed by atoms with Crippen LogP contribution in [0.25, 0.3) is 0 Å². The fourth-order valence-corrected chi connectivity index (χ4v) is 4.20. The second-order valence-corrected chi connectivity index (χ2v) is 8.97. The van der Waals surface area contributed by atoms with Gasteiger partial charge in [-0.3, -0.25) is 9.52 Å². The van der Waals surface area contributed by atoms with Crippen molar-refractivity contribution in [1.29, 1.82) is 0 Å². The maximum Gasteiger partial charge on any atom is 0.271 e. The van der Waals surface area contributed by atoms with E-state index in [-0.39, 0.29) is 4.90 Å². The van der Waals surface area contributed by atoms with Gasteiger partial charge in [-0.2, -0.15) is 5.10 Å². The third-order valence-electron chi connectivity index (χ3n) is 4.97. The van der Waals surface area contributed by atoms with Crippen LogP contribution < -0.4 is 24.4 Å². The van der Waals surface area contributed by atoms with Gasteiger partial charge in [0.25, 0.3) is 15.9 Å². The summed E-state index contributed by atoms with van der Waals surface area (Å²) in [5.74, 6) is 1.34. The Balaban J connectivity index is 1.66. The van der Waals surface area contributed by atoms with Crippen LogP contribution >= 0.6 is 0 Å². The summed E-state index contributed by atoms with van der Waals surface area (Å²) in [6, 6.07) is 17.4. The fourth-order valence-electron chi connectivity index (χ4n) is 3.14. The van der Waals surface area contributed by atoms with Gasteiger partial charge in [-0.05, 0) is 74.5 Å². The number of hydrazone groups is 1. The lowest BCUT2D eigenvalue weighted by molar-refractivity contribution is 0.0955. The summed E-state index contributed by atoms with van der Waals surface area (Å²) in [5.41, 5.74) is 4.37. The Bertz CT molecular complexity index is 1300. The van der Waals surface area contributed by atoms with Crippen molar-refractivity contribution in [2.75, 3.05) is 25.5 Å². The molecular weight excluding hydrogens is 470 g/mol. The molecule has 0 atom stereocenters. The van der Waals surface area contributed by atoms with E-state index in [4.69, 9.17) is 14.2 Å². The molecule has 0 unspecified atom stereocenters. The molecule has 10 heteroatoms. The molecule has 0 saturated carbocycles. The minimum Gasteiger partial charge on any atom is -0.497 e. The molecule has 0 aliphatic carbocycles. The molecule has 3 aromatic rings. The predicted molar refractivity (Wildman–Crippen MR) is 134 cm³/mol. The van der Waals surface area contributed by atoms with E-state index in [0.29, 0.717) is 46.4 Å². The summed E-state index contributed by atoms with van der Waals surface area (Å²) in [6.45, 7) is 4.08. The molecule has 0 aliphatic rings. The molecule has 0 saturated heterocycles. The number of benzene rings is 3. The number of nitrogens with zero attached hydrogens (tertiary/aromatic N) is 1. The molecule has 0 fully saturated rings. The molecule has 0 bridgehead atoms. The largest absolute Gasteiger partial charge is 0.497 e. The highest BCUT2D eigenvalue weighted by Crippen LogP contribution is 2.25. The lowest BCUT2D eigenvalue weighted by Gasteiger charge is -2.11. The van der Waals surface area contributed by atoms with Crippen LogP contribution in [-0.4, -0.2) is 40.9 Å². The zero-order valence-corrected chi connectivity index (χ0v) is 20.7. The SMILES string of the molecule is CCOc1ccc(S(=O)(=O)Nc2ccc(C(=O)N/N=C(\C)c3ccc(OC)cc3OC)cc2)cc1. The lowest BCUT2D eigenvalue weighted by Crippen LogP contribution is -2.19. The third kappa shape index (κ3) is 6.51. The number of amides is 1. The van der Waals surface area contributed by atoms with Crippen LogP contribution in [0.3, 0.4) is 0 Å². The van der Waals surface area contributed by atoms with Crippen molar-refractivity contribution < 1.29 is 27.4 Å². The Labute approximate surface area is 204 Å². The first-order valence-corrected chi connectivity index (χ1v) is 12.2. The van der Waals surface area contributed by atoms with Crippen molar-refractivity contribution in [3.63, 3.8) is 0 Å². The van der Waals surface area contributed by atoms with Gasteiger partial charge in [0.15, 0.2) is 0 Å². The number of sulfonamides is 1. The van der Waals surface area contributed by atoms with Gasteiger partial charge in [-0.1, -0.05) is 0 Å². The van der Waals surface area contributed by atoms with E-state index in [1.165, 1.54) is 43.5 Å². The third-order valence-corrected chi connectivity index (χ3v) is 6.37.